The summed E-state index contributed by atoms with van der Waals surface area (Å²) in [5, 5.41) is 10.1. The van der Waals surface area contributed by atoms with Crippen LogP contribution in [0.1, 0.15) is 50.4 Å². The third-order valence-electron chi connectivity index (χ3n) is 7.87. The first-order chi connectivity index (χ1) is 22.9. The minimum absolute atomic E-state index is 0.00969. The fourth-order valence-electron chi connectivity index (χ4n) is 5.69. The van der Waals surface area contributed by atoms with E-state index in [-0.39, 0.29) is 27.9 Å². The Kier molecular flexibility index (Phi) is 9.13. The number of amides is 2. The Balaban J connectivity index is 1.13. The molecule has 0 aliphatic heterocycles. The van der Waals surface area contributed by atoms with Crippen molar-refractivity contribution < 1.29 is 22.7 Å². The highest BCUT2D eigenvalue weighted by atomic mass is 35.5. The molecule has 1 aliphatic rings. The summed E-state index contributed by atoms with van der Waals surface area (Å²) in [6.07, 6.45) is 4.67. The molecule has 0 spiro atoms. The summed E-state index contributed by atoms with van der Waals surface area (Å²) in [6, 6.07) is 22.0. The number of ether oxygens (including phenoxy) is 1. The van der Waals surface area contributed by atoms with Gasteiger partial charge >= 0.3 is 6.09 Å². The Hall–Kier alpha value is -4.94. The van der Waals surface area contributed by atoms with Crippen molar-refractivity contribution in [1.29, 1.82) is 0 Å². The third kappa shape index (κ3) is 7.29. The maximum atomic E-state index is 13.6. The quantitative estimate of drug-likeness (QED) is 0.157. The number of hydrogen-bond acceptors (Lipinski definition) is 8. The lowest BCUT2D eigenvalue weighted by Gasteiger charge is -2.19. The van der Waals surface area contributed by atoms with E-state index in [4.69, 9.17) is 21.3 Å². The predicted octanol–water partition coefficient (Wildman–Crippen LogP) is 7.10. The number of fused-ring (bicyclic) bond motifs is 1. The first-order valence-electron chi connectivity index (χ1n) is 15.5. The van der Waals surface area contributed by atoms with Crippen LogP contribution in [-0.2, 0) is 14.8 Å². The van der Waals surface area contributed by atoms with Crippen molar-refractivity contribution in [3.63, 3.8) is 0 Å². The van der Waals surface area contributed by atoms with Crippen LogP contribution in [-0.4, -0.2) is 52.0 Å². The number of carbonyl (C=O) groups excluding carboxylic acids is 2. The lowest BCUT2D eigenvalue weighted by atomic mass is 10.1. The van der Waals surface area contributed by atoms with Gasteiger partial charge in [0.1, 0.15) is 5.60 Å². The van der Waals surface area contributed by atoms with Gasteiger partial charge in [-0.15, -0.1) is 0 Å². The minimum atomic E-state index is -3.89. The molecule has 1 fully saturated rings. The van der Waals surface area contributed by atoms with Gasteiger partial charge in [-0.2, -0.15) is 0 Å². The van der Waals surface area contributed by atoms with Crippen molar-refractivity contribution in [1.82, 2.24) is 19.3 Å². The van der Waals surface area contributed by atoms with Gasteiger partial charge in [-0.3, -0.25) is 10.1 Å². The van der Waals surface area contributed by atoms with Crippen LogP contribution in [0.5, 0.6) is 0 Å². The minimum Gasteiger partial charge on any atom is -0.444 e. The number of rotatable bonds is 8. The molecule has 0 radical (unpaired) electrons. The number of nitrogens with one attached hydrogen (secondary N) is 3. The summed E-state index contributed by atoms with van der Waals surface area (Å²) in [4.78, 5) is 34.3. The van der Waals surface area contributed by atoms with Gasteiger partial charge in [-0.25, -0.2) is 27.2 Å². The summed E-state index contributed by atoms with van der Waals surface area (Å²) < 4.78 is 33.7. The standard InChI is InChI=1S/C35H35ClN6O5S/c1-35(2,3)47-34(44)40-23-15-13-22(14-16-23)32(43)38-24-17-18-25(19-24)39-33-37-20-29(36)31(41-33)28-21-42(30-12-8-7-11-27(28)30)48(45,46)26-9-5-4-6-10-26/h4-16,20-21,24-25H,17-19H2,1-3H3,(H,38,43)(H,40,44)(H,37,39,41)/t24-,25+/m1/s1. The van der Waals surface area contributed by atoms with Crippen LogP contribution in [0.4, 0.5) is 16.4 Å². The van der Waals surface area contributed by atoms with E-state index < -0.39 is 21.7 Å². The molecule has 11 nitrogen and oxygen atoms in total. The van der Waals surface area contributed by atoms with E-state index >= 15 is 0 Å². The Morgan fingerprint density at radius 1 is 0.938 bits per heavy atom. The zero-order valence-corrected chi connectivity index (χ0v) is 28.2. The van der Waals surface area contributed by atoms with Crippen molar-refractivity contribution in [2.24, 2.45) is 0 Å². The predicted molar refractivity (Wildman–Crippen MR) is 186 cm³/mol. The van der Waals surface area contributed by atoms with Gasteiger partial charge in [0.05, 0.1) is 27.3 Å². The highest BCUT2D eigenvalue weighted by molar-refractivity contribution is 7.90. The lowest BCUT2D eigenvalue weighted by molar-refractivity contribution is 0.0635. The smallest absolute Gasteiger partial charge is 0.412 e. The van der Waals surface area contributed by atoms with Gasteiger partial charge in [-0.1, -0.05) is 48.0 Å². The molecule has 3 aromatic carbocycles. The number of nitrogens with zero attached hydrogens (tertiary/aromatic N) is 3. The van der Waals surface area contributed by atoms with Crippen molar-refractivity contribution >= 4 is 56.2 Å². The fourth-order valence-corrected chi connectivity index (χ4v) is 7.27. The van der Waals surface area contributed by atoms with Gasteiger partial charge in [0, 0.05) is 40.5 Å². The molecule has 2 amide bonds. The fraction of sp³-hybridized carbons (Fsp3) is 0.257. The van der Waals surface area contributed by atoms with E-state index in [2.05, 4.69) is 20.9 Å². The molecular weight excluding hydrogens is 652 g/mol. The van der Waals surface area contributed by atoms with Crippen molar-refractivity contribution in [3.05, 3.63) is 102 Å². The number of benzene rings is 3. The molecule has 0 unspecified atom stereocenters. The summed E-state index contributed by atoms with van der Waals surface area (Å²) in [6.45, 7) is 5.35. The Morgan fingerprint density at radius 2 is 1.62 bits per heavy atom. The molecule has 1 saturated carbocycles. The first kappa shape index (κ1) is 33.0. The molecule has 48 heavy (non-hydrogen) atoms. The van der Waals surface area contributed by atoms with Crippen LogP contribution in [0, 0.1) is 0 Å². The van der Waals surface area contributed by atoms with Crippen LogP contribution in [0.2, 0.25) is 5.02 Å². The average Bonchev–Trinajstić information content (AvgIpc) is 3.66. The van der Waals surface area contributed by atoms with Crippen LogP contribution >= 0.6 is 11.6 Å². The topological polar surface area (TPSA) is 144 Å². The van der Waals surface area contributed by atoms with E-state index in [0.29, 0.717) is 45.8 Å². The monoisotopic (exact) mass is 686 g/mol. The van der Waals surface area contributed by atoms with Crippen molar-refractivity contribution in [3.8, 4) is 11.3 Å². The van der Waals surface area contributed by atoms with E-state index in [0.717, 1.165) is 12.8 Å². The van der Waals surface area contributed by atoms with Gasteiger partial charge in [0.15, 0.2) is 0 Å². The number of anilines is 2. The zero-order chi connectivity index (χ0) is 34.1. The van der Waals surface area contributed by atoms with E-state index in [9.17, 15) is 18.0 Å². The number of carbonyl (C=O) groups is 2. The summed E-state index contributed by atoms with van der Waals surface area (Å²) in [5.41, 5.74) is 1.85. The van der Waals surface area contributed by atoms with Gasteiger partial charge in [0.2, 0.25) is 5.95 Å². The summed E-state index contributed by atoms with van der Waals surface area (Å²) in [5.74, 6) is 0.138. The third-order valence-corrected chi connectivity index (χ3v) is 9.84. The molecule has 248 valence electrons. The summed E-state index contributed by atoms with van der Waals surface area (Å²) >= 11 is 6.60. The molecule has 5 aromatic rings. The number of halogens is 1. The largest absolute Gasteiger partial charge is 0.444 e. The Labute approximate surface area is 283 Å². The Bertz CT molecular complexity index is 2080. The van der Waals surface area contributed by atoms with Crippen LogP contribution in [0.3, 0.4) is 0 Å². The molecule has 6 rings (SSSR count). The highest BCUT2D eigenvalue weighted by Gasteiger charge is 2.28. The molecule has 2 atom stereocenters. The van der Waals surface area contributed by atoms with Gasteiger partial charge in [0.25, 0.3) is 15.9 Å². The number of hydrogen-bond donors (Lipinski definition) is 3. The highest BCUT2D eigenvalue weighted by Crippen LogP contribution is 2.36. The number of aromatic nitrogens is 3. The maximum absolute atomic E-state index is 13.6. The van der Waals surface area contributed by atoms with Crippen LogP contribution < -0.4 is 16.0 Å². The van der Waals surface area contributed by atoms with Crippen molar-refractivity contribution in [2.75, 3.05) is 10.6 Å². The van der Waals surface area contributed by atoms with Crippen LogP contribution in [0.25, 0.3) is 22.2 Å². The molecule has 13 heteroatoms. The average molecular weight is 687 g/mol. The second-order valence-corrected chi connectivity index (χ2v) is 14.8. The Morgan fingerprint density at radius 3 is 2.35 bits per heavy atom. The molecule has 2 heterocycles. The van der Waals surface area contributed by atoms with Crippen molar-refractivity contribution in [2.45, 2.75) is 62.6 Å². The molecular formula is C35H35ClN6O5S. The summed E-state index contributed by atoms with van der Waals surface area (Å²) in [7, 11) is -3.89. The van der Waals surface area contributed by atoms with Crippen LogP contribution in [0.15, 0.2) is 96.2 Å². The van der Waals surface area contributed by atoms with E-state index in [1.807, 2.05) is 12.1 Å². The lowest BCUT2D eigenvalue weighted by Crippen LogP contribution is -2.34. The van der Waals surface area contributed by atoms with E-state index in [1.165, 1.54) is 10.2 Å². The first-order valence-corrected chi connectivity index (χ1v) is 17.3. The number of para-hydroxylation sites is 1. The van der Waals surface area contributed by atoms with Gasteiger partial charge < -0.3 is 15.4 Å². The molecule has 3 N–H and O–H groups in total. The molecule has 2 aromatic heterocycles. The van der Waals surface area contributed by atoms with Gasteiger partial charge in [-0.05, 0) is 82.5 Å². The zero-order valence-electron chi connectivity index (χ0n) is 26.6. The van der Waals surface area contributed by atoms with E-state index in [1.54, 1.807) is 93.7 Å². The maximum Gasteiger partial charge on any atom is 0.412 e. The normalized spacial score (nSPS) is 16.4. The molecule has 0 saturated heterocycles. The second kappa shape index (κ2) is 13.3. The second-order valence-electron chi connectivity index (χ2n) is 12.6. The molecule has 1 aliphatic carbocycles. The molecule has 0 bridgehead atoms. The SMILES string of the molecule is CC(C)(C)OC(=O)Nc1ccc(C(=O)N[C@@H]2CC[C@H](Nc3ncc(Cl)c(-c4cn(S(=O)(=O)c5ccccc5)c5ccccc45)n3)C2)cc1.